The second kappa shape index (κ2) is 6.19. The Labute approximate surface area is 128 Å². The van der Waals surface area contributed by atoms with E-state index in [1.165, 1.54) is 6.07 Å². The lowest BCUT2D eigenvalue weighted by atomic mass is 10.0. The van der Waals surface area contributed by atoms with E-state index in [0.29, 0.717) is 12.0 Å². The molecular weight excluding hydrogens is 353 g/mol. The highest BCUT2D eigenvalue weighted by Gasteiger charge is 2.30. The lowest BCUT2D eigenvalue weighted by Gasteiger charge is -2.13. The molecule has 1 atom stereocenters. The molecule has 5 heteroatoms. The number of benzene rings is 2. The fourth-order valence-electron chi connectivity index (χ4n) is 1.90. The van der Waals surface area contributed by atoms with Gasteiger partial charge in [-0.3, -0.25) is 0 Å². The normalized spacial score (nSPS) is 13.2. The molecular formula is C15H11BrClF3. The molecule has 0 bridgehead atoms. The van der Waals surface area contributed by atoms with Crippen molar-refractivity contribution in [3.8, 4) is 0 Å². The molecule has 0 aliphatic heterocycles. The molecule has 1 unspecified atom stereocenters. The summed E-state index contributed by atoms with van der Waals surface area (Å²) in [6.07, 6.45) is -3.87. The van der Waals surface area contributed by atoms with Crippen LogP contribution in [0.1, 0.15) is 22.1 Å². The van der Waals surface area contributed by atoms with E-state index in [-0.39, 0.29) is 0 Å². The van der Waals surface area contributed by atoms with Gasteiger partial charge in [-0.25, -0.2) is 0 Å². The average Bonchev–Trinajstić information content (AvgIpc) is 2.38. The summed E-state index contributed by atoms with van der Waals surface area (Å²) >= 11 is 9.59. The van der Waals surface area contributed by atoms with E-state index in [1.807, 2.05) is 24.3 Å². The lowest BCUT2D eigenvalue weighted by molar-refractivity contribution is -0.137. The smallest absolute Gasteiger partial charge is 0.166 e. The van der Waals surface area contributed by atoms with Crippen molar-refractivity contribution >= 4 is 27.5 Å². The minimum Gasteiger partial charge on any atom is -0.166 e. The Bertz CT molecular complexity index is 596. The molecule has 0 saturated heterocycles. The number of rotatable bonds is 3. The van der Waals surface area contributed by atoms with Gasteiger partial charge in [0.05, 0.1) is 10.9 Å². The van der Waals surface area contributed by atoms with Crippen LogP contribution in [0.15, 0.2) is 53.0 Å². The van der Waals surface area contributed by atoms with Crippen molar-refractivity contribution in [3.63, 3.8) is 0 Å². The number of hydrogen-bond donors (Lipinski definition) is 0. The van der Waals surface area contributed by atoms with Gasteiger partial charge in [-0.2, -0.15) is 13.2 Å². The fourth-order valence-corrected chi connectivity index (χ4v) is 2.66. The molecule has 0 aliphatic rings. The fraction of sp³-hybridized carbons (Fsp3) is 0.200. The number of alkyl halides is 4. The van der Waals surface area contributed by atoms with E-state index >= 15 is 0 Å². The maximum Gasteiger partial charge on any atom is 0.416 e. The predicted molar refractivity (Wildman–Crippen MR) is 77.9 cm³/mol. The Hall–Kier alpha value is -1.00. The predicted octanol–water partition coefficient (Wildman–Crippen LogP) is 5.99. The van der Waals surface area contributed by atoms with Gasteiger partial charge in [0, 0.05) is 4.47 Å². The molecule has 0 radical (unpaired) electrons. The largest absolute Gasteiger partial charge is 0.416 e. The molecule has 0 N–H and O–H groups in total. The maximum atomic E-state index is 12.7. The maximum absolute atomic E-state index is 12.7. The van der Waals surface area contributed by atoms with Crippen molar-refractivity contribution in [3.05, 3.63) is 69.7 Å². The Morgan fingerprint density at radius 2 is 1.75 bits per heavy atom. The third-order valence-electron chi connectivity index (χ3n) is 2.88. The zero-order chi connectivity index (χ0) is 14.8. The molecule has 2 aromatic rings. The highest BCUT2D eigenvalue weighted by molar-refractivity contribution is 9.10. The molecule has 0 saturated carbocycles. The van der Waals surface area contributed by atoms with E-state index in [1.54, 1.807) is 6.07 Å². The van der Waals surface area contributed by atoms with Crippen LogP contribution in [0.4, 0.5) is 13.2 Å². The first-order chi connectivity index (χ1) is 9.36. The van der Waals surface area contributed by atoms with E-state index in [4.69, 9.17) is 11.6 Å². The van der Waals surface area contributed by atoms with Crippen molar-refractivity contribution in [2.24, 2.45) is 0 Å². The zero-order valence-electron chi connectivity index (χ0n) is 10.3. The third kappa shape index (κ3) is 4.00. The van der Waals surface area contributed by atoms with Gasteiger partial charge >= 0.3 is 6.18 Å². The summed E-state index contributed by atoms with van der Waals surface area (Å²) in [7, 11) is 0. The molecule has 0 fully saturated rings. The lowest BCUT2D eigenvalue weighted by Crippen LogP contribution is -2.06. The highest BCUT2D eigenvalue weighted by atomic mass is 79.9. The SMILES string of the molecule is FC(F)(F)c1cccc(C(Cl)Cc2cccc(Br)c2)c1. The Balaban J connectivity index is 2.19. The van der Waals surface area contributed by atoms with Crippen LogP contribution < -0.4 is 0 Å². The Kier molecular flexibility index (Phi) is 4.76. The molecule has 0 amide bonds. The van der Waals surface area contributed by atoms with Crippen LogP contribution in [0.25, 0.3) is 0 Å². The molecule has 20 heavy (non-hydrogen) atoms. The summed E-state index contributed by atoms with van der Waals surface area (Å²) in [5.41, 5.74) is 0.771. The Morgan fingerprint density at radius 3 is 2.40 bits per heavy atom. The molecule has 0 aliphatic carbocycles. The molecule has 2 rings (SSSR count). The highest BCUT2D eigenvalue weighted by Crippen LogP contribution is 2.33. The van der Waals surface area contributed by atoms with Crippen LogP contribution in [0.2, 0.25) is 0 Å². The monoisotopic (exact) mass is 362 g/mol. The van der Waals surface area contributed by atoms with Crippen LogP contribution >= 0.6 is 27.5 Å². The number of hydrogen-bond acceptors (Lipinski definition) is 0. The topological polar surface area (TPSA) is 0 Å². The van der Waals surface area contributed by atoms with E-state index in [0.717, 1.165) is 22.2 Å². The minimum atomic E-state index is -4.34. The number of halogens is 5. The summed E-state index contributed by atoms with van der Waals surface area (Å²) in [5, 5.41) is -0.494. The van der Waals surface area contributed by atoms with Gasteiger partial charge < -0.3 is 0 Å². The van der Waals surface area contributed by atoms with Crippen molar-refractivity contribution < 1.29 is 13.2 Å². The summed E-state index contributed by atoms with van der Waals surface area (Å²) in [4.78, 5) is 0. The quantitative estimate of drug-likeness (QED) is 0.588. The third-order valence-corrected chi connectivity index (χ3v) is 3.78. The molecule has 0 aromatic heterocycles. The first kappa shape index (κ1) is 15.4. The van der Waals surface area contributed by atoms with Crippen LogP contribution in [0, 0.1) is 0 Å². The summed E-state index contributed by atoms with van der Waals surface area (Å²) in [6.45, 7) is 0. The molecule has 0 nitrogen and oxygen atoms in total. The first-order valence-corrected chi connectivity index (χ1v) is 7.15. The minimum absolute atomic E-state index is 0.474. The summed E-state index contributed by atoms with van der Waals surface area (Å²) in [5.74, 6) is 0. The molecule has 0 spiro atoms. The van der Waals surface area contributed by atoms with Gasteiger partial charge in [0.15, 0.2) is 0 Å². The Morgan fingerprint density at radius 1 is 1.05 bits per heavy atom. The van der Waals surface area contributed by atoms with Gasteiger partial charge in [0.1, 0.15) is 0 Å². The second-order valence-electron chi connectivity index (χ2n) is 4.42. The van der Waals surface area contributed by atoms with Crippen molar-refractivity contribution in [1.29, 1.82) is 0 Å². The van der Waals surface area contributed by atoms with E-state index in [9.17, 15) is 13.2 Å². The van der Waals surface area contributed by atoms with Crippen LogP contribution in [0.5, 0.6) is 0 Å². The van der Waals surface area contributed by atoms with Gasteiger partial charge in [-0.1, -0.05) is 46.3 Å². The van der Waals surface area contributed by atoms with Crippen molar-refractivity contribution in [2.75, 3.05) is 0 Å². The van der Waals surface area contributed by atoms with E-state index < -0.39 is 17.1 Å². The van der Waals surface area contributed by atoms with Gasteiger partial charge in [-0.05, 0) is 35.7 Å². The average molecular weight is 364 g/mol. The van der Waals surface area contributed by atoms with Crippen molar-refractivity contribution in [2.45, 2.75) is 18.0 Å². The molecule has 106 valence electrons. The first-order valence-electron chi connectivity index (χ1n) is 5.92. The van der Waals surface area contributed by atoms with Crippen LogP contribution in [-0.4, -0.2) is 0 Å². The van der Waals surface area contributed by atoms with Crippen LogP contribution in [0.3, 0.4) is 0 Å². The van der Waals surface area contributed by atoms with Gasteiger partial charge in [0.2, 0.25) is 0 Å². The van der Waals surface area contributed by atoms with Crippen molar-refractivity contribution in [1.82, 2.24) is 0 Å². The standard InChI is InChI=1S/C15H11BrClF3/c16-13-6-1-3-10(7-13)8-14(17)11-4-2-5-12(9-11)15(18,19)20/h1-7,9,14H,8H2. The summed E-state index contributed by atoms with van der Waals surface area (Å²) < 4.78 is 38.9. The molecule has 0 heterocycles. The zero-order valence-corrected chi connectivity index (χ0v) is 12.6. The van der Waals surface area contributed by atoms with Crippen LogP contribution in [-0.2, 0) is 12.6 Å². The molecule has 2 aromatic carbocycles. The second-order valence-corrected chi connectivity index (χ2v) is 5.87. The van der Waals surface area contributed by atoms with Gasteiger partial charge in [-0.15, -0.1) is 11.6 Å². The van der Waals surface area contributed by atoms with E-state index in [2.05, 4.69) is 15.9 Å². The van der Waals surface area contributed by atoms with Gasteiger partial charge in [0.25, 0.3) is 0 Å². The summed E-state index contributed by atoms with van der Waals surface area (Å²) in [6, 6.07) is 12.7.